The average molecular weight is 303 g/mol. The Kier molecular flexibility index (Phi) is 4.55. The van der Waals surface area contributed by atoms with Crippen molar-refractivity contribution in [3.8, 4) is 0 Å². The van der Waals surface area contributed by atoms with E-state index in [0.29, 0.717) is 28.8 Å². The lowest BCUT2D eigenvalue weighted by Crippen LogP contribution is -2.49. The Balaban J connectivity index is 2.04. The molecule has 6 heteroatoms. The van der Waals surface area contributed by atoms with Gasteiger partial charge in [0, 0.05) is 28.8 Å². The zero-order valence-electron chi connectivity index (χ0n) is 10.8. The van der Waals surface area contributed by atoms with Gasteiger partial charge in [-0.1, -0.05) is 23.2 Å². The number of halogens is 2. The molecule has 0 radical (unpaired) electrons. The highest BCUT2D eigenvalue weighted by molar-refractivity contribution is 6.35. The van der Waals surface area contributed by atoms with Gasteiger partial charge in [0.1, 0.15) is 0 Å². The van der Waals surface area contributed by atoms with Crippen molar-refractivity contribution in [1.82, 2.24) is 4.90 Å². The highest BCUT2D eigenvalue weighted by Crippen LogP contribution is 2.23. The van der Waals surface area contributed by atoms with Crippen molar-refractivity contribution in [2.45, 2.75) is 26.1 Å². The number of benzene rings is 1. The van der Waals surface area contributed by atoms with Crippen LogP contribution in [0.25, 0.3) is 0 Å². The van der Waals surface area contributed by atoms with Gasteiger partial charge in [0.25, 0.3) is 0 Å². The Hall–Kier alpha value is -0.970. The normalized spacial score (nSPS) is 23.3. The second-order valence-electron chi connectivity index (χ2n) is 4.75. The maximum atomic E-state index is 12.2. The van der Waals surface area contributed by atoms with Crippen LogP contribution >= 0.6 is 23.2 Å². The molecule has 2 rings (SSSR count). The molecule has 2 unspecified atom stereocenters. The first-order valence-electron chi connectivity index (χ1n) is 6.11. The highest BCUT2D eigenvalue weighted by Gasteiger charge is 2.25. The molecular formula is C13H16Cl2N2O2. The van der Waals surface area contributed by atoms with Crippen molar-refractivity contribution in [2.75, 3.05) is 18.4 Å². The molecule has 104 valence electrons. The number of ether oxygens (including phenoxy) is 1. The number of nitrogens with one attached hydrogen (secondary N) is 1. The van der Waals surface area contributed by atoms with Crippen LogP contribution in [0.3, 0.4) is 0 Å². The molecule has 0 spiro atoms. The third-order valence-corrected chi connectivity index (χ3v) is 3.26. The molecule has 1 saturated heterocycles. The van der Waals surface area contributed by atoms with E-state index in [2.05, 4.69) is 5.32 Å². The Labute approximate surface area is 122 Å². The summed E-state index contributed by atoms with van der Waals surface area (Å²) in [5, 5.41) is 3.78. The zero-order chi connectivity index (χ0) is 14.0. The molecule has 1 aromatic rings. The molecule has 0 aromatic heterocycles. The lowest BCUT2D eigenvalue weighted by atomic mass is 10.2. The maximum absolute atomic E-state index is 12.2. The number of hydrogen-bond acceptors (Lipinski definition) is 2. The van der Waals surface area contributed by atoms with Crippen LogP contribution in [0.5, 0.6) is 0 Å². The fraction of sp³-hybridized carbons (Fsp3) is 0.462. The fourth-order valence-corrected chi connectivity index (χ4v) is 2.70. The molecule has 4 nitrogen and oxygen atoms in total. The second kappa shape index (κ2) is 5.99. The van der Waals surface area contributed by atoms with Gasteiger partial charge in [-0.15, -0.1) is 0 Å². The number of rotatable bonds is 1. The Morgan fingerprint density at radius 1 is 1.21 bits per heavy atom. The molecule has 1 aromatic carbocycles. The topological polar surface area (TPSA) is 41.6 Å². The molecular weight excluding hydrogens is 287 g/mol. The van der Waals surface area contributed by atoms with E-state index in [1.54, 1.807) is 23.1 Å². The quantitative estimate of drug-likeness (QED) is 0.860. The van der Waals surface area contributed by atoms with E-state index >= 15 is 0 Å². The molecule has 2 atom stereocenters. The predicted octanol–water partition coefficient (Wildman–Crippen LogP) is 3.63. The van der Waals surface area contributed by atoms with Crippen molar-refractivity contribution in [3.05, 3.63) is 28.2 Å². The third kappa shape index (κ3) is 4.00. The van der Waals surface area contributed by atoms with Crippen molar-refractivity contribution >= 4 is 34.9 Å². The van der Waals surface area contributed by atoms with Crippen molar-refractivity contribution in [2.24, 2.45) is 0 Å². The minimum Gasteiger partial charge on any atom is -0.372 e. The molecule has 0 saturated carbocycles. The first-order chi connectivity index (χ1) is 8.94. The zero-order valence-corrected chi connectivity index (χ0v) is 12.3. The van der Waals surface area contributed by atoms with Gasteiger partial charge < -0.3 is 15.0 Å². The van der Waals surface area contributed by atoms with Crippen LogP contribution in [0.4, 0.5) is 10.5 Å². The summed E-state index contributed by atoms with van der Waals surface area (Å²) in [6.45, 7) is 5.05. The SMILES string of the molecule is CC1CN(C(=O)Nc2cc(Cl)cc(Cl)c2)CC(C)O1. The molecule has 19 heavy (non-hydrogen) atoms. The van der Waals surface area contributed by atoms with Gasteiger partial charge in [0.2, 0.25) is 0 Å². The molecule has 0 aliphatic carbocycles. The smallest absolute Gasteiger partial charge is 0.322 e. The standard InChI is InChI=1S/C13H16Cl2N2O2/c1-8-6-17(7-9(2)19-8)13(18)16-12-4-10(14)3-11(15)5-12/h3-5,8-9H,6-7H2,1-2H3,(H,16,18). The lowest BCUT2D eigenvalue weighted by Gasteiger charge is -2.35. The van der Waals surface area contributed by atoms with Crippen LogP contribution in [0.2, 0.25) is 10.0 Å². The van der Waals surface area contributed by atoms with E-state index in [0.717, 1.165) is 0 Å². The summed E-state index contributed by atoms with van der Waals surface area (Å²) in [4.78, 5) is 13.9. The Morgan fingerprint density at radius 2 is 1.74 bits per heavy atom. The highest BCUT2D eigenvalue weighted by atomic mass is 35.5. The minimum atomic E-state index is -0.166. The van der Waals surface area contributed by atoms with Crippen molar-refractivity contribution in [3.63, 3.8) is 0 Å². The summed E-state index contributed by atoms with van der Waals surface area (Å²) in [5.41, 5.74) is 0.592. The summed E-state index contributed by atoms with van der Waals surface area (Å²) in [5.74, 6) is 0. The van der Waals surface area contributed by atoms with E-state index in [-0.39, 0.29) is 18.2 Å². The number of amides is 2. The van der Waals surface area contributed by atoms with E-state index in [1.807, 2.05) is 13.8 Å². The van der Waals surface area contributed by atoms with Crippen LogP contribution < -0.4 is 5.32 Å². The number of carbonyl (C=O) groups excluding carboxylic acids is 1. The van der Waals surface area contributed by atoms with Gasteiger partial charge in [-0.3, -0.25) is 0 Å². The molecule has 1 fully saturated rings. The predicted molar refractivity (Wildman–Crippen MR) is 77.1 cm³/mol. The maximum Gasteiger partial charge on any atom is 0.322 e. The monoisotopic (exact) mass is 302 g/mol. The molecule has 1 aliphatic rings. The first kappa shape index (κ1) is 14.4. The van der Waals surface area contributed by atoms with Gasteiger partial charge in [0.05, 0.1) is 12.2 Å². The summed E-state index contributed by atoms with van der Waals surface area (Å²) >= 11 is 11.8. The Morgan fingerprint density at radius 3 is 2.26 bits per heavy atom. The molecule has 1 aliphatic heterocycles. The molecule has 1 N–H and O–H groups in total. The third-order valence-electron chi connectivity index (χ3n) is 2.82. The number of urea groups is 1. The molecule has 1 heterocycles. The van der Waals surface area contributed by atoms with Gasteiger partial charge in [0.15, 0.2) is 0 Å². The van der Waals surface area contributed by atoms with Crippen LogP contribution in [0.15, 0.2) is 18.2 Å². The van der Waals surface area contributed by atoms with E-state index < -0.39 is 0 Å². The second-order valence-corrected chi connectivity index (χ2v) is 5.62. The summed E-state index contributed by atoms with van der Waals surface area (Å²) < 4.78 is 5.59. The summed E-state index contributed by atoms with van der Waals surface area (Å²) in [6.07, 6.45) is 0.0786. The number of morpholine rings is 1. The Bertz CT molecular complexity index is 451. The number of hydrogen-bond donors (Lipinski definition) is 1. The summed E-state index contributed by atoms with van der Waals surface area (Å²) in [7, 11) is 0. The van der Waals surface area contributed by atoms with Gasteiger partial charge in [-0.25, -0.2) is 4.79 Å². The van der Waals surface area contributed by atoms with Crippen LogP contribution in [-0.4, -0.2) is 36.2 Å². The number of anilines is 1. The first-order valence-corrected chi connectivity index (χ1v) is 6.87. The average Bonchev–Trinajstić information content (AvgIpc) is 2.25. The van der Waals surface area contributed by atoms with E-state index in [4.69, 9.17) is 27.9 Å². The van der Waals surface area contributed by atoms with Gasteiger partial charge >= 0.3 is 6.03 Å². The van der Waals surface area contributed by atoms with Gasteiger partial charge in [-0.2, -0.15) is 0 Å². The van der Waals surface area contributed by atoms with Crippen LogP contribution in [0, 0.1) is 0 Å². The molecule has 2 amide bonds. The fourth-order valence-electron chi connectivity index (χ4n) is 2.17. The van der Waals surface area contributed by atoms with E-state index in [9.17, 15) is 4.79 Å². The van der Waals surface area contributed by atoms with E-state index in [1.165, 1.54) is 0 Å². The largest absolute Gasteiger partial charge is 0.372 e. The number of nitrogens with zero attached hydrogens (tertiary/aromatic N) is 1. The summed E-state index contributed by atoms with van der Waals surface area (Å²) in [6, 6.07) is 4.79. The molecule has 0 bridgehead atoms. The number of carbonyl (C=O) groups is 1. The lowest BCUT2D eigenvalue weighted by molar-refractivity contribution is -0.0530. The van der Waals surface area contributed by atoms with Crippen LogP contribution in [-0.2, 0) is 4.74 Å². The minimum absolute atomic E-state index is 0.0393. The van der Waals surface area contributed by atoms with Crippen molar-refractivity contribution in [1.29, 1.82) is 0 Å². The van der Waals surface area contributed by atoms with Crippen molar-refractivity contribution < 1.29 is 9.53 Å². The van der Waals surface area contributed by atoms with Crippen LogP contribution in [0.1, 0.15) is 13.8 Å². The van der Waals surface area contributed by atoms with Gasteiger partial charge in [-0.05, 0) is 32.0 Å².